The molecule has 1 amide bonds. The van der Waals surface area contributed by atoms with E-state index in [4.69, 9.17) is 11.6 Å². The Morgan fingerprint density at radius 1 is 1.50 bits per heavy atom. The molecule has 1 aromatic rings. The van der Waals surface area contributed by atoms with Gasteiger partial charge < -0.3 is 5.32 Å². The second kappa shape index (κ2) is 6.33. The standard InChI is InChI=1S/C13H16ClNO/c1-3-4-5-6-10-7-8-12(14)11(9-10)13(16)15-2/h5-9H,3-4H2,1-2H3,(H,15,16)/b6-5+. The smallest absolute Gasteiger partial charge is 0.252 e. The number of allylic oxidation sites excluding steroid dienone is 1. The third-order valence-electron chi connectivity index (χ3n) is 2.23. The van der Waals surface area contributed by atoms with Crippen LogP contribution in [0.2, 0.25) is 5.02 Å². The van der Waals surface area contributed by atoms with Crippen molar-refractivity contribution in [2.24, 2.45) is 0 Å². The van der Waals surface area contributed by atoms with Gasteiger partial charge >= 0.3 is 0 Å². The van der Waals surface area contributed by atoms with Crippen molar-refractivity contribution in [3.05, 3.63) is 40.4 Å². The Labute approximate surface area is 101 Å². The highest BCUT2D eigenvalue weighted by Crippen LogP contribution is 2.18. The molecular formula is C13H16ClNO. The van der Waals surface area contributed by atoms with Gasteiger partial charge in [-0.15, -0.1) is 0 Å². The van der Waals surface area contributed by atoms with Crippen LogP contribution in [0.1, 0.15) is 35.7 Å². The van der Waals surface area contributed by atoms with Crippen LogP contribution in [0.4, 0.5) is 0 Å². The maximum absolute atomic E-state index is 11.5. The Hall–Kier alpha value is -1.28. The molecule has 0 radical (unpaired) electrons. The van der Waals surface area contributed by atoms with E-state index >= 15 is 0 Å². The molecule has 0 aliphatic rings. The Kier molecular flexibility index (Phi) is 5.06. The Morgan fingerprint density at radius 2 is 2.25 bits per heavy atom. The SMILES string of the molecule is CCC/C=C/c1ccc(Cl)c(C(=O)NC)c1. The molecular weight excluding hydrogens is 222 g/mol. The number of halogens is 1. The average Bonchev–Trinajstić information content (AvgIpc) is 2.30. The molecule has 0 fully saturated rings. The van der Waals surface area contributed by atoms with Crippen LogP contribution < -0.4 is 5.32 Å². The van der Waals surface area contributed by atoms with Crippen molar-refractivity contribution in [1.29, 1.82) is 0 Å². The number of carbonyl (C=O) groups excluding carboxylic acids is 1. The lowest BCUT2D eigenvalue weighted by molar-refractivity contribution is 0.0963. The first-order valence-corrected chi connectivity index (χ1v) is 5.75. The zero-order chi connectivity index (χ0) is 12.0. The van der Waals surface area contributed by atoms with E-state index in [9.17, 15) is 4.79 Å². The second-order valence-corrected chi connectivity index (χ2v) is 3.92. The lowest BCUT2D eigenvalue weighted by atomic mass is 10.1. The molecule has 0 unspecified atom stereocenters. The zero-order valence-electron chi connectivity index (χ0n) is 9.59. The third-order valence-corrected chi connectivity index (χ3v) is 2.56. The van der Waals surface area contributed by atoms with Gasteiger partial charge in [0.05, 0.1) is 10.6 Å². The number of carbonyl (C=O) groups is 1. The number of unbranched alkanes of at least 4 members (excludes halogenated alkanes) is 1. The van der Waals surface area contributed by atoms with E-state index in [1.54, 1.807) is 19.2 Å². The summed E-state index contributed by atoms with van der Waals surface area (Å²) < 4.78 is 0. The highest BCUT2D eigenvalue weighted by atomic mass is 35.5. The quantitative estimate of drug-likeness (QED) is 0.853. The summed E-state index contributed by atoms with van der Waals surface area (Å²) in [6, 6.07) is 5.45. The summed E-state index contributed by atoms with van der Waals surface area (Å²) >= 11 is 5.95. The van der Waals surface area contributed by atoms with Crippen LogP contribution in [0.5, 0.6) is 0 Å². The summed E-state index contributed by atoms with van der Waals surface area (Å²) in [5.74, 6) is -0.157. The van der Waals surface area contributed by atoms with Crippen LogP contribution in [0.25, 0.3) is 6.08 Å². The normalized spacial score (nSPS) is 10.7. The largest absolute Gasteiger partial charge is 0.355 e. The summed E-state index contributed by atoms with van der Waals surface area (Å²) in [5.41, 5.74) is 1.51. The molecule has 1 aromatic carbocycles. The topological polar surface area (TPSA) is 29.1 Å². The zero-order valence-corrected chi connectivity index (χ0v) is 10.3. The van der Waals surface area contributed by atoms with Gasteiger partial charge in [-0.05, 0) is 24.1 Å². The fourth-order valence-corrected chi connectivity index (χ4v) is 1.54. The number of rotatable bonds is 4. The van der Waals surface area contributed by atoms with Crippen molar-refractivity contribution in [2.45, 2.75) is 19.8 Å². The number of hydrogen-bond acceptors (Lipinski definition) is 1. The third kappa shape index (κ3) is 3.38. The first-order valence-electron chi connectivity index (χ1n) is 5.37. The minimum Gasteiger partial charge on any atom is -0.355 e. The maximum atomic E-state index is 11.5. The Bertz CT molecular complexity index is 399. The molecule has 1 rings (SSSR count). The van der Waals surface area contributed by atoms with Gasteiger partial charge in [-0.2, -0.15) is 0 Å². The summed E-state index contributed by atoms with van der Waals surface area (Å²) in [7, 11) is 1.60. The predicted octanol–water partition coefficient (Wildman–Crippen LogP) is 3.51. The highest BCUT2D eigenvalue weighted by Gasteiger charge is 2.08. The van der Waals surface area contributed by atoms with E-state index in [-0.39, 0.29) is 5.91 Å². The molecule has 86 valence electrons. The molecule has 0 aliphatic heterocycles. The van der Waals surface area contributed by atoms with Crippen molar-refractivity contribution in [1.82, 2.24) is 5.32 Å². The molecule has 0 spiro atoms. The molecule has 0 aromatic heterocycles. The van der Waals surface area contributed by atoms with Crippen molar-refractivity contribution in [3.8, 4) is 0 Å². The van der Waals surface area contributed by atoms with E-state index in [2.05, 4.69) is 18.3 Å². The minimum atomic E-state index is -0.157. The molecule has 0 saturated carbocycles. The molecule has 0 atom stereocenters. The molecule has 0 aliphatic carbocycles. The second-order valence-electron chi connectivity index (χ2n) is 3.51. The van der Waals surface area contributed by atoms with Gasteiger partial charge in [0, 0.05) is 7.05 Å². The molecule has 0 bridgehead atoms. The van der Waals surface area contributed by atoms with E-state index in [0.717, 1.165) is 18.4 Å². The summed E-state index contributed by atoms with van der Waals surface area (Å²) in [5, 5.41) is 3.05. The van der Waals surface area contributed by atoms with Crippen LogP contribution >= 0.6 is 11.6 Å². The lowest BCUT2D eigenvalue weighted by Crippen LogP contribution is -2.18. The average molecular weight is 238 g/mol. The molecule has 16 heavy (non-hydrogen) atoms. The Balaban J connectivity index is 2.93. The first kappa shape index (κ1) is 12.8. The van der Waals surface area contributed by atoms with Gasteiger partial charge in [0.25, 0.3) is 5.91 Å². The molecule has 0 heterocycles. The van der Waals surface area contributed by atoms with E-state index < -0.39 is 0 Å². The van der Waals surface area contributed by atoms with Crippen LogP contribution in [0.3, 0.4) is 0 Å². The monoisotopic (exact) mass is 237 g/mol. The van der Waals surface area contributed by atoms with Gasteiger partial charge in [-0.3, -0.25) is 4.79 Å². The number of nitrogens with one attached hydrogen (secondary N) is 1. The molecule has 3 heteroatoms. The van der Waals surface area contributed by atoms with Crippen molar-refractivity contribution in [2.75, 3.05) is 7.05 Å². The van der Waals surface area contributed by atoms with Crippen LogP contribution in [0.15, 0.2) is 24.3 Å². The van der Waals surface area contributed by atoms with E-state index in [0.29, 0.717) is 10.6 Å². The number of amides is 1. The summed E-state index contributed by atoms with van der Waals surface area (Å²) in [4.78, 5) is 11.5. The van der Waals surface area contributed by atoms with Crippen molar-refractivity contribution in [3.63, 3.8) is 0 Å². The van der Waals surface area contributed by atoms with Gasteiger partial charge in [-0.1, -0.05) is 43.2 Å². The lowest BCUT2D eigenvalue weighted by Gasteiger charge is -2.03. The molecule has 2 nitrogen and oxygen atoms in total. The van der Waals surface area contributed by atoms with Crippen LogP contribution in [-0.2, 0) is 0 Å². The van der Waals surface area contributed by atoms with Crippen molar-refractivity contribution >= 4 is 23.6 Å². The molecule has 1 N–H and O–H groups in total. The number of hydrogen-bond donors (Lipinski definition) is 1. The van der Waals surface area contributed by atoms with Gasteiger partial charge in [0.15, 0.2) is 0 Å². The van der Waals surface area contributed by atoms with Gasteiger partial charge in [0.2, 0.25) is 0 Å². The molecule has 0 saturated heterocycles. The Morgan fingerprint density at radius 3 is 2.88 bits per heavy atom. The van der Waals surface area contributed by atoms with E-state index in [1.165, 1.54) is 0 Å². The van der Waals surface area contributed by atoms with Gasteiger partial charge in [0.1, 0.15) is 0 Å². The first-order chi connectivity index (χ1) is 7.69. The fraction of sp³-hybridized carbons (Fsp3) is 0.308. The van der Waals surface area contributed by atoms with Crippen molar-refractivity contribution < 1.29 is 4.79 Å². The predicted molar refractivity (Wildman–Crippen MR) is 68.8 cm³/mol. The summed E-state index contributed by atoms with van der Waals surface area (Å²) in [6.45, 7) is 2.13. The minimum absolute atomic E-state index is 0.157. The van der Waals surface area contributed by atoms with Gasteiger partial charge in [-0.25, -0.2) is 0 Å². The highest BCUT2D eigenvalue weighted by molar-refractivity contribution is 6.33. The maximum Gasteiger partial charge on any atom is 0.252 e. The van der Waals surface area contributed by atoms with Crippen LogP contribution in [-0.4, -0.2) is 13.0 Å². The number of benzene rings is 1. The van der Waals surface area contributed by atoms with Crippen LogP contribution in [0, 0.1) is 0 Å². The summed E-state index contributed by atoms with van der Waals surface area (Å²) in [6.07, 6.45) is 6.26. The fourth-order valence-electron chi connectivity index (χ4n) is 1.34. The van der Waals surface area contributed by atoms with E-state index in [1.807, 2.05) is 12.1 Å².